The fourth-order valence-corrected chi connectivity index (χ4v) is 1.28. The summed E-state index contributed by atoms with van der Waals surface area (Å²) in [7, 11) is 0. The lowest BCUT2D eigenvalue weighted by molar-refractivity contribution is -0.122. The maximum absolute atomic E-state index is 11.4. The molecule has 0 aliphatic heterocycles. The van der Waals surface area contributed by atoms with Gasteiger partial charge in [0.25, 0.3) is 0 Å². The number of hydrogen-bond donors (Lipinski definition) is 1. The standard InChI is InChI=1S/C12H22N2O/c1-5-8-13-12(15)10-14(7-3)9-11(4)6-2/h1,11H,6-10H2,2-4H3,(H,13,15). The van der Waals surface area contributed by atoms with Gasteiger partial charge in [-0.3, -0.25) is 9.69 Å². The highest BCUT2D eigenvalue weighted by molar-refractivity contribution is 5.78. The van der Waals surface area contributed by atoms with Crippen LogP contribution in [0.3, 0.4) is 0 Å². The van der Waals surface area contributed by atoms with Crippen molar-refractivity contribution in [3.05, 3.63) is 0 Å². The highest BCUT2D eigenvalue weighted by Gasteiger charge is 2.10. The minimum atomic E-state index is 0.0121. The van der Waals surface area contributed by atoms with E-state index in [1.165, 1.54) is 0 Å². The van der Waals surface area contributed by atoms with E-state index in [-0.39, 0.29) is 5.91 Å². The van der Waals surface area contributed by atoms with E-state index in [4.69, 9.17) is 6.42 Å². The highest BCUT2D eigenvalue weighted by Crippen LogP contribution is 2.03. The first kappa shape index (κ1) is 14.0. The highest BCUT2D eigenvalue weighted by atomic mass is 16.2. The SMILES string of the molecule is C#CCNC(=O)CN(CC)CC(C)CC. The lowest BCUT2D eigenvalue weighted by Gasteiger charge is -2.22. The van der Waals surface area contributed by atoms with Crippen LogP contribution in [-0.2, 0) is 4.79 Å². The molecule has 0 spiro atoms. The summed E-state index contributed by atoms with van der Waals surface area (Å²) in [6.07, 6.45) is 6.21. The van der Waals surface area contributed by atoms with Gasteiger partial charge in [0.2, 0.25) is 5.91 Å². The molecule has 0 aromatic heterocycles. The van der Waals surface area contributed by atoms with Crippen LogP contribution in [0, 0.1) is 18.3 Å². The van der Waals surface area contributed by atoms with E-state index >= 15 is 0 Å². The second-order valence-corrected chi connectivity index (χ2v) is 3.82. The molecule has 0 aliphatic carbocycles. The van der Waals surface area contributed by atoms with Crippen LogP contribution in [-0.4, -0.2) is 37.0 Å². The van der Waals surface area contributed by atoms with Crippen LogP contribution in [0.2, 0.25) is 0 Å². The minimum absolute atomic E-state index is 0.0121. The molecule has 1 unspecified atom stereocenters. The molecular weight excluding hydrogens is 188 g/mol. The maximum Gasteiger partial charge on any atom is 0.234 e. The zero-order chi connectivity index (χ0) is 11.7. The summed E-state index contributed by atoms with van der Waals surface area (Å²) >= 11 is 0. The van der Waals surface area contributed by atoms with Crippen molar-refractivity contribution in [2.24, 2.45) is 5.92 Å². The number of rotatable bonds is 7. The first-order chi connectivity index (χ1) is 7.13. The minimum Gasteiger partial charge on any atom is -0.344 e. The van der Waals surface area contributed by atoms with Crippen molar-refractivity contribution in [2.75, 3.05) is 26.2 Å². The Labute approximate surface area is 93.2 Å². The van der Waals surface area contributed by atoms with Gasteiger partial charge in [0, 0.05) is 6.54 Å². The van der Waals surface area contributed by atoms with Gasteiger partial charge in [0.15, 0.2) is 0 Å². The van der Waals surface area contributed by atoms with E-state index in [1.807, 2.05) is 0 Å². The van der Waals surface area contributed by atoms with Crippen molar-refractivity contribution >= 4 is 5.91 Å². The zero-order valence-electron chi connectivity index (χ0n) is 10.0. The number of carbonyl (C=O) groups is 1. The van der Waals surface area contributed by atoms with E-state index in [2.05, 4.69) is 36.9 Å². The molecule has 3 nitrogen and oxygen atoms in total. The monoisotopic (exact) mass is 210 g/mol. The largest absolute Gasteiger partial charge is 0.344 e. The Morgan fingerprint density at radius 1 is 1.53 bits per heavy atom. The molecule has 1 amide bonds. The first-order valence-electron chi connectivity index (χ1n) is 5.56. The summed E-state index contributed by atoms with van der Waals surface area (Å²) in [6.45, 7) is 9.06. The van der Waals surface area contributed by atoms with E-state index in [9.17, 15) is 4.79 Å². The molecule has 0 aromatic rings. The first-order valence-corrected chi connectivity index (χ1v) is 5.56. The van der Waals surface area contributed by atoms with E-state index in [1.54, 1.807) is 0 Å². The Kier molecular flexibility index (Phi) is 7.75. The molecule has 0 rings (SSSR count). The fourth-order valence-electron chi connectivity index (χ4n) is 1.28. The van der Waals surface area contributed by atoms with Gasteiger partial charge in [0.1, 0.15) is 0 Å². The smallest absolute Gasteiger partial charge is 0.234 e. The summed E-state index contributed by atoms with van der Waals surface area (Å²) in [6, 6.07) is 0. The van der Waals surface area contributed by atoms with E-state index in [0.29, 0.717) is 19.0 Å². The number of terminal acetylenes is 1. The van der Waals surface area contributed by atoms with Gasteiger partial charge in [-0.2, -0.15) is 0 Å². The molecule has 86 valence electrons. The van der Waals surface area contributed by atoms with Gasteiger partial charge >= 0.3 is 0 Å². The van der Waals surface area contributed by atoms with Gasteiger partial charge in [0.05, 0.1) is 13.1 Å². The Balaban J connectivity index is 3.88. The second kappa shape index (κ2) is 8.31. The molecule has 0 radical (unpaired) electrons. The van der Waals surface area contributed by atoms with Crippen LogP contribution >= 0.6 is 0 Å². The molecular formula is C12H22N2O. The molecule has 0 aromatic carbocycles. The number of amides is 1. The number of hydrogen-bond acceptors (Lipinski definition) is 2. The van der Waals surface area contributed by atoms with Crippen molar-refractivity contribution in [3.8, 4) is 12.3 Å². The summed E-state index contributed by atoms with van der Waals surface area (Å²) in [4.78, 5) is 13.5. The van der Waals surface area contributed by atoms with Crippen LogP contribution < -0.4 is 5.32 Å². The predicted octanol–water partition coefficient (Wildman–Crippen LogP) is 1.10. The molecule has 15 heavy (non-hydrogen) atoms. The van der Waals surface area contributed by atoms with Gasteiger partial charge in [-0.05, 0) is 12.5 Å². The molecule has 3 heteroatoms. The van der Waals surface area contributed by atoms with Crippen molar-refractivity contribution < 1.29 is 4.79 Å². The van der Waals surface area contributed by atoms with Crippen molar-refractivity contribution in [1.82, 2.24) is 10.2 Å². The van der Waals surface area contributed by atoms with Gasteiger partial charge in [-0.15, -0.1) is 6.42 Å². The third-order valence-corrected chi connectivity index (χ3v) is 2.47. The third-order valence-electron chi connectivity index (χ3n) is 2.47. The van der Waals surface area contributed by atoms with Crippen molar-refractivity contribution in [1.29, 1.82) is 0 Å². The topological polar surface area (TPSA) is 32.3 Å². The molecule has 0 saturated carbocycles. The predicted molar refractivity (Wildman–Crippen MR) is 63.4 cm³/mol. The maximum atomic E-state index is 11.4. The number of nitrogens with zero attached hydrogens (tertiary/aromatic N) is 1. The summed E-state index contributed by atoms with van der Waals surface area (Å²) in [5.74, 6) is 3.03. The average Bonchev–Trinajstić information content (AvgIpc) is 2.25. The summed E-state index contributed by atoms with van der Waals surface area (Å²) < 4.78 is 0. The zero-order valence-corrected chi connectivity index (χ0v) is 10.0. The quantitative estimate of drug-likeness (QED) is 0.638. The van der Waals surface area contributed by atoms with Crippen molar-refractivity contribution in [3.63, 3.8) is 0 Å². The van der Waals surface area contributed by atoms with Crippen LogP contribution in [0.5, 0.6) is 0 Å². The van der Waals surface area contributed by atoms with Gasteiger partial charge in [-0.25, -0.2) is 0 Å². The number of nitrogens with one attached hydrogen (secondary N) is 1. The van der Waals surface area contributed by atoms with Crippen LogP contribution in [0.15, 0.2) is 0 Å². The molecule has 1 atom stereocenters. The molecule has 0 fully saturated rings. The molecule has 0 bridgehead atoms. The van der Waals surface area contributed by atoms with Crippen molar-refractivity contribution in [2.45, 2.75) is 27.2 Å². The molecule has 0 aliphatic rings. The molecule has 1 N–H and O–H groups in total. The van der Waals surface area contributed by atoms with Gasteiger partial charge < -0.3 is 5.32 Å². The van der Waals surface area contributed by atoms with Crippen LogP contribution in [0.1, 0.15) is 27.2 Å². The molecule has 0 heterocycles. The Hall–Kier alpha value is -1.01. The number of carbonyl (C=O) groups excluding carboxylic acids is 1. The summed E-state index contributed by atoms with van der Waals surface area (Å²) in [5, 5.41) is 2.67. The Morgan fingerprint density at radius 3 is 2.67 bits per heavy atom. The van der Waals surface area contributed by atoms with Crippen LogP contribution in [0.25, 0.3) is 0 Å². The second-order valence-electron chi connectivity index (χ2n) is 3.82. The van der Waals surface area contributed by atoms with Crippen LogP contribution in [0.4, 0.5) is 0 Å². The fraction of sp³-hybridized carbons (Fsp3) is 0.750. The third kappa shape index (κ3) is 6.98. The lowest BCUT2D eigenvalue weighted by atomic mass is 10.1. The normalized spacial score (nSPS) is 12.2. The van der Waals surface area contributed by atoms with E-state index < -0.39 is 0 Å². The molecule has 0 saturated heterocycles. The Morgan fingerprint density at radius 2 is 2.20 bits per heavy atom. The lowest BCUT2D eigenvalue weighted by Crippen LogP contribution is -2.39. The average molecular weight is 210 g/mol. The van der Waals surface area contributed by atoms with E-state index in [0.717, 1.165) is 19.5 Å². The van der Waals surface area contributed by atoms with Gasteiger partial charge in [-0.1, -0.05) is 33.1 Å². The summed E-state index contributed by atoms with van der Waals surface area (Å²) in [5.41, 5.74) is 0. The number of likely N-dealkylation sites (N-methyl/N-ethyl adjacent to an activating group) is 1. The Bertz CT molecular complexity index is 220.